The van der Waals surface area contributed by atoms with Crippen LogP contribution in [0.3, 0.4) is 0 Å². The Balaban J connectivity index is 2.02. The molecule has 0 fully saturated rings. The summed E-state index contributed by atoms with van der Waals surface area (Å²) in [5.74, 6) is 0.796. The van der Waals surface area contributed by atoms with E-state index in [0.29, 0.717) is 18.7 Å². The van der Waals surface area contributed by atoms with Crippen molar-refractivity contribution in [3.05, 3.63) is 70.8 Å². The van der Waals surface area contributed by atoms with Gasteiger partial charge in [0.15, 0.2) is 5.96 Å². The number of rotatable bonds is 9. The molecule has 0 aliphatic heterocycles. The highest BCUT2D eigenvalue weighted by Crippen LogP contribution is 2.09. The summed E-state index contributed by atoms with van der Waals surface area (Å²) in [6, 6.07) is 16.2. The van der Waals surface area contributed by atoms with Crippen LogP contribution in [0.2, 0.25) is 0 Å². The van der Waals surface area contributed by atoms with Gasteiger partial charge >= 0.3 is 0 Å². The van der Waals surface area contributed by atoms with E-state index in [1.54, 1.807) is 0 Å². The van der Waals surface area contributed by atoms with Crippen LogP contribution in [0.5, 0.6) is 0 Å². The van der Waals surface area contributed by atoms with Crippen molar-refractivity contribution < 1.29 is 4.79 Å². The van der Waals surface area contributed by atoms with E-state index in [1.807, 2.05) is 50.3 Å². The van der Waals surface area contributed by atoms with E-state index >= 15 is 0 Å². The van der Waals surface area contributed by atoms with Gasteiger partial charge in [0.2, 0.25) is 0 Å². The molecule has 1 amide bonds. The molecular formula is C24H35N5O. The second-order valence-corrected chi connectivity index (χ2v) is 7.77. The standard InChI is InChI=1S/C24H35N5O/c1-6-25-24(29(5)18-20-12-10-19(2)11-13-20)27-17-21-8-7-9-22(16-21)23(30)26-14-15-28(3)4/h7-13,16H,6,14-15,17-18H2,1-5H3,(H,25,27)(H,26,30). The Morgan fingerprint density at radius 2 is 1.73 bits per heavy atom. The molecule has 0 aromatic heterocycles. The number of carbonyl (C=O) groups excluding carboxylic acids is 1. The van der Waals surface area contributed by atoms with Crippen molar-refractivity contribution in [1.29, 1.82) is 0 Å². The third-order valence-electron chi connectivity index (χ3n) is 4.68. The van der Waals surface area contributed by atoms with Gasteiger partial charge in [0, 0.05) is 38.8 Å². The lowest BCUT2D eigenvalue weighted by Crippen LogP contribution is -2.38. The molecule has 6 nitrogen and oxygen atoms in total. The molecule has 0 atom stereocenters. The predicted molar refractivity (Wildman–Crippen MR) is 125 cm³/mol. The molecule has 0 heterocycles. The Bertz CT molecular complexity index is 830. The molecule has 30 heavy (non-hydrogen) atoms. The number of benzene rings is 2. The lowest BCUT2D eigenvalue weighted by molar-refractivity contribution is 0.0951. The summed E-state index contributed by atoms with van der Waals surface area (Å²) < 4.78 is 0. The SMILES string of the molecule is CCNC(=NCc1cccc(C(=O)NCCN(C)C)c1)N(C)Cc1ccc(C)cc1. The van der Waals surface area contributed by atoms with Crippen molar-refractivity contribution in [3.8, 4) is 0 Å². The third kappa shape index (κ3) is 7.87. The summed E-state index contributed by atoms with van der Waals surface area (Å²) in [5, 5.41) is 6.31. The highest BCUT2D eigenvalue weighted by Gasteiger charge is 2.08. The Morgan fingerprint density at radius 3 is 2.40 bits per heavy atom. The fraction of sp³-hybridized carbons (Fsp3) is 0.417. The number of aliphatic imine (C=N–C) groups is 1. The lowest BCUT2D eigenvalue weighted by Gasteiger charge is -2.22. The molecule has 0 spiro atoms. The first-order chi connectivity index (χ1) is 14.4. The number of nitrogens with one attached hydrogen (secondary N) is 2. The summed E-state index contributed by atoms with van der Waals surface area (Å²) in [5.41, 5.74) is 4.17. The second kappa shape index (κ2) is 12.0. The van der Waals surface area contributed by atoms with E-state index in [4.69, 9.17) is 4.99 Å². The van der Waals surface area contributed by atoms with Gasteiger partial charge < -0.3 is 20.4 Å². The first-order valence-electron chi connectivity index (χ1n) is 10.5. The fourth-order valence-corrected chi connectivity index (χ4v) is 2.98. The first-order valence-corrected chi connectivity index (χ1v) is 10.5. The van der Waals surface area contributed by atoms with Crippen molar-refractivity contribution >= 4 is 11.9 Å². The number of nitrogens with zero attached hydrogens (tertiary/aromatic N) is 3. The van der Waals surface area contributed by atoms with Gasteiger partial charge in [-0.1, -0.05) is 42.0 Å². The van der Waals surface area contributed by atoms with Crippen LogP contribution in [-0.2, 0) is 13.1 Å². The Morgan fingerprint density at radius 1 is 1.00 bits per heavy atom. The first kappa shape index (κ1) is 23.4. The third-order valence-corrected chi connectivity index (χ3v) is 4.68. The monoisotopic (exact) mass is 409 g/mol. The minimum absolute atomic E-state index is 0.0499. The van der Waals surface area contributed by atoms with Gasteiger partial charge in [0.05, 0.1) is 6.54 Å². The van der Waals surface area contributed by atoms with E-state index in [1.165, 1.54) is 11.1 Å². The smallest absolute Gasteiger partial charge is 0.251 e. The van der Waals surface area contributed by atoms with E-state index < -0.39 is 0 Å². The molecule has 0 radical (unpaired) electrons. The van der Waals surface area contributed by atoms with Gasteiger partial charge in [-0.25, -0.2) is 4.99 Å². The maximum Gasteiger partial charge on any atom is 0.251 e. The van der Waals surface area contributed by atoms with Crippen LogP contribution in [-0.4, -0.2) is 62.4 Å². The number of carbonyl (C=O) groups is 1. The normalized spacial score (nSPS) is 11.5. The van der Waals surface area contributed by atoms with Crippen LogP contribution >= 0.6 is 0 Å². The molecule has 0 aliphatic carbocycles. The van der Waals surface area contributed by atoms with Crippen LogP contribution < -0.4 is 10.6 Å². The minimum atomic E-state index is -0.0499. The summed E-state index contributed by atoms with van der Waals surface area (Å²) >= 11 is 0. The molecule has 2 N–H and O–H groups in total. The van der Waals surface area contributed by atoms with Crippen molar-refractivity contribution in [2.75, 3.05) is 40.8 Å². The predicted octanol–water partition coefficient (Wildman–Crippen LogP) is 2.88. The molecule has 2 aromatic carbocycles. The molecule has 0 saturated carbocycles. The van der Waals surface area contributed by atoms with Crippen LogP contribution in [0.1, 0.15) is 34.0 Å². The summed E-state index contributed by atoms with van der Waals surface area (Å²) in [6.07, 6.45) is 0. The van der Waals surface area contributed by atoms with Gasteiger partial charge in [-0.2, -0.15) is 0 Å². The van der Waals surface area contributed by atoms with Crippen LogP contribution in [0.15, 0.2) is 53.5 Å². The lowest BCUT2D eigenvalue weighted by atomic mass is 10.1. The number of hydrogen-bond donors (Lipinski definition) is 2. The average Bonchev–Trinajstić information content (AvgIpc) is 2.72. The number of hydrogen-bond acceptors (Lipinski definition) is 3. The molecular weight excluding hydrogens is 374 g/mol. The summed E-state index contributed by atoms with van der Waals surface area (Å²) in [6.45, 7) is 7.69. The maximum atomic E-state index is 12.4. The largest absolute Gasteiger partial charge is 0.357 e. The molecule has 2 aromatic rings. The molecule has 2 rings (SSSR count). The molecule has 0 aliphatic rings. The van der Waals surface area contributed by atoms with E-state index in [-0.39, 0.29) is 5.91 Å². The van der Waals surface area contributed by atoms with Crippen molar-refractivity contribution in [2.24, 2.45) is 4.99 Å². The quantitative estimate of drug-likeness (QED) is 0.494. The summed E-state index contributed by atoms with van der Waals surface area (Å²) in [4.78, 5) is 21.3. The zero-order valence-electron chi connectivity index (χ0n) is 18.9. The number of guanidine groups is 1. The van der Waals surface area contributed by atoms with Gasteiger partial charge in [0.1, 0.15) is 0 Å². The zero-order valence-corrected chi connectivity index (χ0v) is 18.9. The molecule has 0 saturated heterocycles. The van der Waals surface area contributed by atoms with Gasteiger partial charge in [-0.3, -0.25) is 4.79 Å². The Labute approximate surface area is 181 Å². The topological polar surface area (TPSA) is 60.0 Å². The Hall–Kier alpha value is -2.86. The minimum Gasteiger partial charge on any atom is -0.357 e. The van der Waals surface area contributed by atoms with Crippen LogP contribution in [0.25, 0.3) is 0 Å². The molecule has 162 valence electrons. The maximum absolute atomic E-state index is 12.4. The van der Waals surface area contributed by atoms with Crippen molar-refractivity contribution in [3.63, 3.8) is 0 Å². The zero-order chi connectivity index (χ0) is 21.9. The molecule has 6 heteroatoms. The van der Waals surface area contributed by atoms with Gasteiger partial charge in [-0.15, -0.1) is 0 Å². The highest BCUT2D eigenvalue weighted by molar-refractivity contribution is 5.94. The van der Waals surface area contributed by atoms with Crippen molar-refractivity contribution in [2.45, 2.75) is 26.9 Å². The average molecular weight is 410 g/mol. The van der Waals surface area contributed by atoms with E-state index in [9.17, 15) is 4.79 Å². The highest BCUT2D eigenvalue weighted by atomic mass is 16.1. The number of likely N-dealkylation sites (N-methyl/N-ethyl adjacent to an activating group) is 1. The van der Waals surface area contributed by atoms with E-state index in [2.05, 4.69) is 53.6 Å². The number of aryl methyl sites for hydroxylation is 1. The second-order valence-electron chi connectivity index (χ2n) is 7.77. The molecule has 0 unspecified atom stereocenters. The van der Waals surface area contributed by atoms with Crippen LogP contribution in [0.4, 0.5) is 0 Å². The van der Waals surface area contributed by atoms with E-state index in [0.717, 1.165) is 31.2 Å². The Kier molecular flexibility index (Phi) is 9.35. The molecule has 0 bridgehead atoms. The van der Waals surface area contributed by atoms with Gasteiger partial charge in [0.25, 0.3) is 5.91 Å². The fourth-order valence-electron chi connectivity index (χ4n) is 2.98. The van der Waals surface area contributed by atoms with Crippen molar-refractivity contribution in [1.82, 2.24) is 20.4 Å². The van der Waals surface area contributed by atoms with Gasteiger partial charge in [-0.05, 0) is 51.2 Å². The van der Waals surface area contributed by atoms with Crippen LogP contribution in [0, 0.1) is 6.92 Å². The number of amides is 1. The summed E-state index contributed by atoms with van der Waals surface area (Å²) in [7, 11) is 6.01.